The molecular formula is C30H26N2O2RuS. The van der Waals surface area contributed by atoms with Crippen LogP contribution in [0.2, 0.25) is 0 Å². The summed E-state index contributed by atoms with van der Waals surface area (Å²) in [6.07, 6.45) is 0. The van der Waals surface area contributed by atoms with E-state index in [-0.39, 0.29) is 4.90 Å². The average Bonchev–Trinajstić information content (AvgIpc) is 2.94. The van der Waals surface area contributed by atoms with Crippen LogP contribution in [-0.4, -0.2) is 11.5 Å². The topological polar surface area (TPSA) is 63.4 Å². The molecule has 5 aromatic rings. The van der Waals surface area contributed by atoms with Gasteiger partial charge in [-0.05, 0) is 0 Å². The second-order valence-corrected chi connectivity index (χ2v) is 13.0. The molecule has 0 aliphatic carbocycles. The maximum absolute atomic E-state index is 14.4. The van der Waals surface area contributed by atoms with Gasteiger partial charge >= 0.3 is 221 Å². The van der Waals surface area contributed by atoms with Crippen molar-refractivity contribution in [3.63, 3.8) is 0 Å². The van der Waals surface area contributed by atoms with Crippen molar-refractivity contribution in [2.75, 3.05) is 0 Å². The van der Waals surface area contributed by atoms with Gasteiger partial charge in [0, 0.05) is 0 Å². The third-order valence-electron chi connectivity index (χ3n) is 6.01. The zero-order valence-electron chi connectivity index (χ0n) is 19.5. The first-order chi connectivity index (χ1) is 17.5. The van der Waals surface area contributed by atoms with E-state index in [1.807, 2.05) is 121 Å². The Morgan fingerprint density at radius 3 is 1.78 bits per heavy atom. The van der Waals surface area contributed by atoms with Crippen LogP contribution in [-0.2, 0) is 27.4 Å². The molecule has 2 N–H and O–H groups in total. The summed E-state index contributed by atoms with van der Waals surface area (Å²) >= 11 is -0.886. The Bertz CT molecular complexity index is 1550. The Balaban J connectivity index is 1.68. The Morgan fingerprint density at radius 2 is 1.14 bits per heavy atom. The van der Waals surface area contributed by atoms with Gasteiger partial charge in [0.15, 0.2) is 0 Å². The predicted molar refractivity (Wildman–Crippen MR) is 142 cm³/mol. The van der Waals surface area contributed by atoms with E-state index in [0.717, 1.165) is 26.1 Å². The van der Waals surface area contributed by atoms with Crippen LogP contribution in [0.25, 0.3) is 10.8 Å². The monoisotopic (exact) mass is 580 g/mol. The summed E-state index contributed by atoms with van der Waals surface area (Å²) in [5.74, 6) is 0. The molecule has 2 unspecified atom stereocenters. The number of rotatable bonds is 8. The molecular weight excluding hydrogens is 553 g/mol. The van der Waals surface area contributed by atoms with Crippen LogP contribution in [0.3, 0.4) is 0 Å². The first kappa shape index (κ1) is 24.5. The fraction of sp³-hybridized carbons (Fsp3) is 0.0667. The normalized spacial score (nSPS) is 13.6. The molecule has 4 nitrogen and oxygen atoms in total. The van der Waals surface area contributed by atoms with Gasteiger partial charge in [-0.25, -0.2) is 0 Å². The molecule has 0 bridgehead atoms. The second-order valence-electron chi connectivity index (χ2n) is 8.40. The van der Waals surface area contributed by atoms with Crippen molar-refractivity contribution >= 4 is 25.0 Å². The van der Waals surface area contributed by atoms with Crippen LogP contribution in [0.4, 0.5) is 0 Å². The maximum atomic E-state index is 14.4. The number of benzene rings is 5. The summed E-state index contributed by atoms with van der Waals surface area (Å²) < 4.78 is 31.5. The number of nitrogens with two attached hydrogens (primary N) is 1. The fourth-order valence-electron chi connectivity index (χ4n) is 4.17. The number of nitrogens with zero attached hydrogens (tertiary/aromatic N) is 1. The molecule has 0 heterocycles. The number of fused-ring (bicyclic) bond motifs is 1. The molecule has 0 spiro atoms. The van der Waals surface area contributed by atoms with Gasteiger partial charge in [-0.1, -0.05) is 0 Å². The van der Waals surface area contributed by atoms with Crippen molar-refractivity contribution < 1.29 is 25.8 Å². The zero-order valence-corrected chi connectivity index (χ0v) is 22.0. The molecule has 5 rings (SSSR count). The molecule has 0 aromatic heterocycles. The van der Waals surface area contributed by atoms with Gasteiger partial charge in [0.2, 0.25) is 0 Å². The molecule has 36 heavy (non-hydrogen) atoms. The molecule has 5 aromatic carbocycles. The van der Waals surface area contributed by atoms with Crippen LogP contribution in [0, 0.1) is 0 Å². The minimum atomic E-state index is -3.90. The summed E-state index contributed by atoms with van der Waals surface area (Å²) in [5, 5.41) is 1.89. The summed E-state index contributed by atoms with van der Waals surface area (Å²) in [4.78, 5) is 0.271. The van der Waals surface area contributed by atoms with Gasteiger partial charge in [0.25, 0.3) is 0 Å². The predicted octanol–water partition coefficient (Wildman–Crippen LogP) is 5.59. The molecule has 0 aliphatic heterocycles. The van der Waals surface area contributed by atoms with Gasteiger partial charge in [-0.3, -0.25) is 0 Å². The first-order valence-corrected chi connectivity index (χ1v) is 14.7. The fourth-order valence-corrected chi connectivity index (χ4v) is 8.95. The van der Waals surface area contributed by atoms with Crippen molar-refractivity contribution in [2.45, 2.75) is 17.0 Å². The van der Waals surface area contributed by atoms with Crippen LogP contribution >= 0.6 is 0 Å². The summed E-state index contributed by atoms with van der Waals surface area (Å²) in [5.41, 5.74) is 8.65. The van der Waals surface area contributed by atoms with E-state index in [4.69, 9.17) is 5.73 Å². The molecule has 0 fully saturated rings. The number of sulfonamides is 1. The van der Waals surface area contributed by atoms with Gasteiger partial charge in [-0.15, -0.1) is 0 Å². The van der Waals surface area contributed by atoms with Crippen LogP contribution in [0.1, 0.15) is 23.2 Å². The van der Waals surface area contributed by atoms with E-state index in [1.54, 1.807) is 15.2 Å². The molecule has 6 heteroatoms. The van der Waals surface area contributed by atoms with Crippen LogP contribution in [0.15, 0.2) is 138 Å². The quantitative estimate of drug-likeness (QED) is 0.244. The molecule has 0 radical (unpaired) electrons. The average molecular weight is 580 g/mol. The molecule has 0 amide bonds. The van der Waals surface area contributed by atoms with Gasteiger partial charge in [-0.2, -0.15) is 0 Å². The first-order valence-electron chi connectivity index (χ1n) is 11.6. The van der Waals surface area contributed by atoms with Crippen molar-refractivity contribution in [3.8, 4) is 0 Å². The third-order valence-corrected chi connectivity index (χ3v) is 11.1. The van der Waals surface area contributed by atoms with Gasteiger partial charge < -0.3 is 0 Å². The summed E-state index contributed by atoms with van der Waals surface area (Å²) in [6, 6.07) is 41.2. The molecule has 2 atom stereocenters. The summed E-state index contributed by atoms with van der Waals surface area (Å²) in [6.45, 7) is 0. The SMILES string of the molecule is NC(c1ccccc1)C(c1ccccc1)[N]([Ru][c]1ccccc1)S(=O)(=O)c1ccc2ccccc2c1. The number of hydrogen-bond donors (Lipinski definition) is 1. The van der Waals surface area contributed by atoms with Crippen molar-refractivity contribution in [1.82, 2.24) is 3.05 Å². The van der Waals surface area contributed by atoms with Gasteiger partial charge in [0.05, 0.1) is 0 Å². The van der Waals surface area contributed by atoms with Crippen molar-refractivity contribution in [3.05, 3.63) is 145 Å². The third kappa shape index (κ3) is 5.18. The van der Waals surface area contributed by atoms with Crippen molar-refractivity contribution in [2.24, 2.45) is 5.73 Å². The standard InChI is InChI=1S/C24H21N2O2S.C6H5.Ru/c25-23(19-10-3-1-4-11-19)24(20-12-5-2-6-13-20)26-29(27,28)22-16-15-18-9-7-8-14-21(18)17-22;1-2-4-6-5-3-1;/h1-17,23-24H,25H2;1-5H;/q-1;;+1. The molecule has 182 valence electrons. The molecule has 0 saturated heterocycles. The van der Waals surface area contributed by atoms with E-state index < -0.39 is 39.5 Å². The Kier molecular flexibility index (Phi) is 7.40. The number of hydrogen-bond acceptors (Lipinski definition) is 3. The van der Waals surface area contributed by atoms with E-state index in [0.29, 0.717) is 0 Å². The Morgan fingerprint density at radius 1 is 0.611 bits per heavy atom. The van der Waals surface area contributed by atoms with E-state index in [9.17, 15) is 8.42 Å². The van der Waals surface area contributed by atoms with E-state index in [1.165, 1.54) is 0 Å². The van der Waals surface area contributed by atoms with Gasteiger partial charge in [0.1, 0.15) is 0 Å². The van der Waals surface area contributed by atoms with Crippen molar-refractivity contribution in [1.29, 1.82) is 0 Å². The molecule has 0 aliphatic rings. The minimum absolute atomic E-state index is 0.271. The summed E-state index contributed by atoms with van der Waals surface area (Å²) in [7, 11) is -3.90. The molecule has 0 saturated carbocycles. The zero-order chi connectivity index (χ0) is 25.0. The Hall–Kier alpha value is -3.15. The second kappa shape index (κ2) is 10.9. The van der Waals surface area contributed by atoms with E-state index in [2.05, 4.69) is 0 Å². The van der Waals surface area contributed by atoms with E-state index >= 15 is 0 Å². The van der Waals surface area contributed by atoms with Crippen LogP contribution < -0.4 is 9.89 Å². The Labute approximate surface area is 220 Å². The van der Waals surface area contributed by atoms with Crippen LogP contribution in [0.5, 0.6) is 0 Å².